The number of aryl methyl sites for hydroxylation is 2. The third kappa shape index (κ3) is 3.63. The summed E-state index contributed by atoms with van der Waals surface area (Å²) in [6.07, 6.45) is 0. The molecule has 8 nitrogen and oxygen atoms in total. The molecule has 2 aromatic heterocycles. The number of aromatic nitrogens is 3. The Morgan fingerprint density at radius 3 is 2.61 bits per heavy atom. The summed E-state index contributed by atoms with van der Waals surface area (Å²) in [5.41, 5.74) is 12.2. The molecule has 0 unspecified atom stereocenters. The summed E-state index contributed by atoms with van der Waals surface area (Å²) in [5, 5.41) is 0. The highest BCUT2D eigenvalue weighted by molar-refractivity contribution is 5.97. The molecule has 4 aromatic rings. The van der Waals surface area contributed by atoms with Crippen molar-refractivity contribution in [1.29, 1.82) is 0 Å². The molecule has 0 aliphatic carbocycles. The largest absolute Gasteiger partial charge is 0.491 e. The maximum absolute atomic E-state index is 13.4. The van der Waals surface area contributed by atoms with Crippen LogP contribution in [-0.4, -0.2) is 44.5 Å². The molecule has 0 fully saturated rings. The monoisotopic (exact) mass is 443 g/mol. The lowest BCUT2D eigenvalue weighted by Crippen LogP contribution is -2.36. The van der Waals surface area contributed by atoms with Gasteiger partial charge < -0.3 is 20.4 Å². The van der Waals surface area contributed by atoms with Crippen LogP contribution >= 0.6 is 0 Å². The van der Waals surface area contributed by atoms with E-state index in [4.69, 9.17) is 10.5 Å². The number of rotatable bonds is 2. The zero-order valence-electron chi connectivity index (χ0n) is 18.8. The lowest BCUT2D eigenvalue weighted by atomic mass is 10.0. The predicted octanol–water partition coefficient (Wildman–Crippen LogP) is 3.92. The van der Waals surface area contributed by atoms with Crippen LogP contribution < -0.4 is 10.5 Å². The summed E-state index contributed by atoms with van der Waals surface area (Å²) in [7, 11) is 0. The smallest absolute Gasteiger partial charge is 0.323 e. The lowest BCUT2D eigenvalue weighted by Gasteiger charge is -2.20. The molecule has 5 rings (SSSR count). The van der Waals surface area contributed by atoms with Crippen LogP contribution in [0.4, 0.5) is 4.79 Å². The van der Waals surface area contributed by atoms with Gasteiger partial charge in [0.05, 0.1) is 17.6 Å². The summed E-state index contributed by atoms with van der Waals surface area (Å²) in [5.74, 6) is 1.38. The summed E-state index contributed by atoms with van der Waals surface area (Å²) in [6, 6.07) is 13.2. The van der Waals surface area contributed by atoms with Gasteiger partial charge in [-0.2, -0.15) is 0 Å². The third-order valence-electron chi connectivity index (χ3n) is 6.20. The van der Waals surface area contributed by atoms with Crippen molar-refractivity contribution in [3.63, 3.8) is 0 Å². The minimum atomic E-state index is -0.665. The van der Waals surface area contributed by atoms with E-state index in [0.717, 1.165) is 44.9 Å². The summed E-state index contributed by atoms with van der Waals surface area (Å²) < 4.78 is 7.21. The number of benzene rings is 2. The van der Waals surface area contributed by atoms with E-state index in [-0.39, 0.29) is 11.6 Å². The van der Waals surface area contributed by atoms with Crippen LogP contribution in [-0.2, 0) is 6.54 Å². The van der Waals surface area contributed by atoms with Gasteiger partial charge >= 0.3 is 6.03 Å². The molecule has 33 heavy (non-hydrogen) atoms. The van der Waals surface area contributed by atoms with Crippen LogP contribution in [0.3, 0.4) is 0 Å². The number of primary amides is 1. The van der Waals surface area contributed by atoms with Gasteiger partial charge in [-0.25, -0.2) is 9.78 Å². The quantitative estimate of drug-likeness (QED) is 0.490. The van der Waals surface area contributed by atoms with Crippen LogP contribution in [0.5, 0.6) is 5.75 Å². The van der Waals surface area contributed by atoms with Gasteiger partial charge in [0.2, 0.25) is 0 Å². The predicted molar refractivity (Wildman–Crippen MR) is 125 cm³/mol. The Bertz CT molecular complexity index is 1420. The Kier molecular flexibility index (Phi) is 4.92. The van der Waals surface area contributed by atoms with Crippen molar-refractivity contribution in [3.8, 4) is 16.9 Å². The highest BCUT2D eigenvalue weighted by Crippen LogP contribution is 2.31. The van der Waals surface area contributed by atoms with Crippen LogP contribution in [0.2, 0.25) is 0 Å². The zero-order valence-corrected chi connectivity index (χ0v) is 18.8. The number of imidazole rings is 1. The Labute approximate surface area is 191 Å². The molecule has 3 heterocycles. The molecule has 0 atom stereocenters. The topological polar surface area (TPSA) is 106 Å². The maximum Gasteiger partial charge on any atom is 0.323 e. The number of carbonyl (C=O) groups excluding carboxylic acids is 2. The van der Waals surface area contributed by atoms with Gasteiger partial charge in [-0.1, -0.05) is 12.1 Å². The van der Waals surface area contributed by atoms with E-state index in [2.05, 4.69) is 22.1 Å². The number of hydrogen-bond acceptors (Lipinski definition) is 4. The number of amides is 2. The number of fused-ring (bicyclic) bond motifs is 2. The summed E-state index contributed by atoms with van der Waals surface area (Å²) >= 11 is 0. The van der Waals surface area contributed by atoms with Crippen LogP contribution in [0, 0.1) is 20.8 Å². The van der Waals surface area contributed by atoms with Crippen molar-refractivity contribution in [2.24, 2.45) is 5.73 Å². The summed E-state index contributed by atoms with van der Waals surface area (Å²) in [4.78, 5) is 34.8. The molecule has 0 saturated carbocycles. The lowest BCUT2D eigenvalue weighted by molar-refractivity contribution is 0.0724. The maximum atomic E-state index is 13.4. The van der Waals surface area contributed by atoms with Gasteiger partial charge in [0.25, 0.3) is 5.91 Å². The van der Waals surface area contributed by atoms with Crippen molar-refractivity contribution in [2.45, 2.75) is 27.3 Å². The standard InChI is InChI=1S/C25H25N5O3/c1-14-10-22(30(15(14)2)25(26)32)24(31)29-8-9-33-23-7-5-17(11-19(23)13-29)18-4-6-20-21(12-18)28-16(3)27-20/h4-7,10-12H,8-9,13H2,1-3H3,(H2,26,32)(H,27,28). The fourth-order valence-electron chi connectivity index (χ4n) is 4.40. The van der Waals surface area contributed by atoms with Gasteiger partial charge in [0, 0.05) is 17.8 Å². The second kappa shape index (κ2) is 7.81. The van der Waals surface area contributed by atoms with Crippen LogP contribution in [0.25, 0.3) is 22.2 Å². The van der Waals surface area contributed by atoms with E-state index in [1.807, 2.05) is 38.1 Å². The minimum Gasteiger partial charge on any atom is -0.491 e. The number of nitrogens with two attached hydrogens (primary N) is 1. The van der Waals surface area contributed by atoms with E-state index in [1.165, 1.54) is 4.57 Å². The first-order valence-electron chi connectivity index (χ1n) is 10.8. The SMILES string of the molecule is Cc1nc2ccc(-c3ccc4c(c3)CN(C(=O)c3cc(C)c(C)n3C(N)=O)CCO4)cc2[nH]1. The first kappa shape index (κ1) is 20.8. The van der Waals surface area contributed by atoms with Gasteiger partial charge in [0.15, 0.2) is 0 Å². The van der Waals surface area contributed by atoms with Gasteiger partial charge in [-0.15, -0.1) is 0 Å². The number of hydrogen-bond donors (Lipinski definition) is 2. The molecule has 1 aliphatic rings. The van der Waals surface area contributed by atoms with E-state index in [1.54, 1.807) is 17.9 Å². The molecule has 0 bridgehead atoms. The molecule has 8 heteroatoms. The molecule has 3 N–H and O–H groups in total. The number of ether oxygens (including phenoxy) is 1. The number of carbonyl (C=O) groups is 2. The number of aromatic amines is 1. The number of nitrogens with one attached hydrogen (secondary N) is 1. The fraction of sp³-hybridized carbons (Fsp3) is 0.240. The normalized spacial score (nSPS) is 13.5. The molecule has 1 aliphatic heterocycles. The second-order valence-electron chi connectivity index (χ2n) is 8.42. The van der Waals surface area contributed by atoms with Crippen molar-refractivity contribution >= 4 is 23.0 Å². The van der Waals surface area contributed by atoms with E-state index < -0.39 is 6.03 Å². The average Bonchev–Trinajstić information content (AvgIpc) is 3.21. The molecule has 0 saturated heterocycles. The fourth-order valence-corrected chi connectivity index (χ4v) is 4.40. The third-order valence-corrected chi connectivity index (χ3v) is 6.20. The Morgan fingerprint density at radius 2 is 1.82 bits per heavy atom. The zero-order chi connectivity index (χ0) is 23.3. The number of H-pyrrole nitrogens is 1. The first-order chi connectivity index (χ1) is 15.8. The molecular weight excluding hydrogens is 418 g/mol. The summed E-state index contributed by atoms with van der Waals surface area (Å²) in [6.45, 7) is 6.72. The molecule has 168 valence electrons. The average molecular weight is 444 g/mol. The highest BCUT2D eigenvalue weighted by Gasteiger charge is 2.26. The second-order valence-corrected chi connectivity index (χ2v) is 8.42. The van der Waals surface area contributed by atoms with Crippen molar-refractivity contribution in [1.82, 2.24) is 19.4 Å². The molecule has 0 spiro atoms. The van der Waals surface area contributed by atoms with Crippen molar-refractivity contribution < 1.29 is 14.3 Å². The minimum absolute atomic E-state index is 0.249. The van der Waals surface area contributed by atoms with Gasteiger partial charge in [-0.3, -0.25) is 9.36 Å². The Balaban J connectivity index is 1.49. The van der Waals surface area contributed by atoms with Gasteiger partial charge in [-0.05, 0) is 67.8 Å². The molecule has 0 radical (unpaired) electrons. The van der Waals surface area contributed by atoms with Crippen molar-refractivity contribution in [2.75, 3.05) is 13.2 Å². The molecule has 2 amide bonds. The first-order valence-corrected chi connectivity index (χ1v) is 10.8. The van der Waals surface area contributed by atoms with Crippen LogP contribution in [0.1, 0.15) is 33.1 Å². The Morgan fingerprint density at radius 1 is 1.06 bits per heavy atom. The Hall–Kier alpha value is -4.07. The highest BCUT2D eigenvalue weighted by atomic mass is 16.5. The van der Waals surface area contributed by atoms with Crippen LogP contribution in [0.15, 0.2) is 42.5 Å². The van der Waals surface area contributed by atoms with E-state index in [0.29, 0.717) is 25.4 Å². The molecular formula is C25H25N5O3. The van der Waals surface area contributed by atoms with E-state index >= 15 is 0 Å². The molecule has 2 aromatic carbocycles. The van der Waals surface area contributed by atoms with Crippen molar-refractivity contribution in [3.05, 3.63) is 70.8 Å². The van der Waals surface area contributed by atoms with E-state index in [9.17, 15) is 9.59 Å². The van der Waals surface area contributed by atoms with Gasteiger partial charge in [0.1, 0.15) is 23.9 Å². The number of nitrogens with zero attached hydrogens (tertiary/aromatic N) is 3.